The van der Waals surface area contributed by atoms with Gasteiger partial charge in [-0.1, -0.05) is 0 Å². The van der Waals surface area contributed by atoms with Crippen molar-refractivity contribution in [2.45, 2.75) is 32.5 Å². The average molecular weight is 413 g/mol. The highest BCUT2D eigenvalue weighted by molar-refractivity contribution is 5.90. The highest BCUT2D eigenvalue weighted by Crippen LogP contribution is 2.31. The monoisotopic (exact) mass is 413 g/mol. The van der Waals surface area contributed by atoms with Crippen molar-refractivity contribution in [3.8, 4) is 0 Å². The first-order valence-corrected chi connectivity index (χ1v) is 9.40. The van der Waals surface area contributed by atoms with E-state index in [1.54, 1.807) is 20.8 Å². The number of hydrogen-bond donors (Lipinski definition) is 1. The van der Waals surface area contributed by atoms with E-state index >= 15 is 0 Å². The lowest BCUT2D eigenvalue weighted by atomic mass is 10.2. The van der Waals surface area contributed by atoms with E-state index in [0.29, 0.717) is 0 Å². The number of halogens is 2. The number of nitrogens with zero attached hydrogens (tertiary/aromatic N) is 3. The summed E-state index contributed by atoms with van der Waals surface area (Å²) in [5.41, 5.74) is -0.797. The lowest BCUT2D eigenvalue weighted by Crippen LogP contribution is -2.50. The van der Waals surface area contributed by atoms with Crippen molar-refractivity contribution in [2.24, 2.45) is 0 Å². The Labute approximate surface area is 167 Å². The van der Waals surface area contributed by atoms with Crippen molar-refractivity contribution in [1.29, 1.82) is 0 Å². The van der Waals surface area contributed by atoms with Crippen molar-refractivity contribution in [2.75, 3.05) is 49.1 Å². The molecule has 160 valence electrons. The second-order valence-electron chi connectivity index (χ2n) is 8.01. The van der Waals surface area contributed by atoms with Crippen molar-refractivity contribution >= 4 is 23.6 Å². The van der Waals surface area contributed by atoms with Crippen LogP contribution in [0.25, 0.3) is 0 Å². The zero-order valence-corrected chi connectivity index (χ0v) is 16.7. The first kappa shape index (κ1) is 21.1. The summed E-state index contributed by atoms with van der Waals surface area (Å²) < 4.78 is 39.7. The summed E-state index contributed by atoms with van der Waals surface area (Å²) in [6, 6.07) is 2.14. The number of carbonyl (C=O) groups is 2. The second kappa shape index (κ2) is 8.02. The van der Waals surface area contributed by atoms with E-state index in [2.05, 4.69) is 0 Å². The van der Waals surface area contributed by atoms with Gasteiger partial charge >= 0.3 is 12.2 Å². The van der Waals surface area contributed by atoms with Gasteiger partial charge in [-0.05, 0) is 20.8 Å². The summed E-state index contributed by atoms with van der Waals surface area (Å²) in [4.78, 5) is 28.1. The molecule has 2 fully saturated rings. The highest BCUT2D eigenvalue weighted by atomic mass is 19.1. The van der Waals surface area contributed by atoms with Gasteiger partial charge in [-0.25, -0.2) is 18.4 Å². The van der Waals surface area contributed by atoms with Gasteiger partial charge in [-0.15, -0.1) is 0 Å². The maximum atomic E-state index is 14.7. The van der Waals surface area contributed by atoms with E-state index in [0.717, 1.165) is 17.0 Å². The Hall–Kier alpha value is -2.62. The van der Waals surface area contributed by atoms with E-state index < -0.39 is 35.5 Å². The van der Waals surface area contributed by atoms with Gasteiger partial charge in [0, 0.05) is 38.3 Å². The summed E-state index contributed by atoms with van der Waals surface area (Å²) in [6.07, 6.45) is -1.95. The van der Waals surface area contributed by atoms with E-state index in [4.69, 9.17) is 14.6 Å². The standard InChI is InChI=1S/C19H25F2N3O5/c1-19(2,3)29-17(26)23-6-4-22(5-7-23)16-14(20)8-12(9-15(16)21)24-10-13(11-25)28-18(24)27/h8-9,13,25H,4-7,10-11H2,1-3H3. The zero-order valence-electron chi connectivity index (χ0n) is 16.7. The van der Waals surface area contributed by atoms with Crippen LogP contribution in [-0.2, 0) is 9.47 Å². The predicted molar refractivity (Wildman–Crippen MR) is 101 cm³/mol. The van der Waals surface area contributed by atoms with Crippen molar-refractivity contribution in [1.82, 2.24) is 4.90 Å². The molecule has 0 radical (unpaired) electrons. The maximum absolute atomic E-state index is 14.7. The molecule has 0 saturated carbocycles. The summed E-state index contributed by atoms with van der Waals surface area (Å²) in [7, 11) is 0. The third kappa shape index (κ3) is 4.69. The highest BCUT2D eigenvalue weighted by Gasteiger charge is 2.34. The molecule has 2 saturated heterocycles. The lowest BCUT2D eigenvalue weighted by Gasteiger charge is -2.37. The Morgan fingerprint density at radius 1 is 1.21 bits per heavy atom. The molecule has 1 atom stereocenters. The van der Waals surface area contributed by atoms with Crippen LogP contribution in [-0.4, -0.2) is 73.2 Å². The molecule has 2 heterocycles. The van der Waals surface area contributed by atoms with Crippen molar-refractivity contribution < 1.29 is 33.0 Å². The van der Waals surface area contributed by atoms with Crippen LogP contribution < -0.4 is 9.80 Å². The summed E-state index contributed by atoms with van der Waals surface area (Å²) >= 11 is 0. The molecule has 29 heavy (non-hydrogen) atoms. The Balaban J connectivity index is 1.70. The van der Waals surface area contributed by atoms with Crippen LogP contribution in [0, 0.1) is 11.6 Å². The van der Waals surface area contributed by atoms with Crippen LogP contribution in [0.3, 0.4) is 0 Å². The molecule has 10 heteroatoms. The smallest absolute Gasteiger partial charge is 0.414 e. The average Bonchev–Trinajstić information content (AvgIpc) is 3.01. The topological polar surface area (TPSA) is 82.6 Å². The van der Waals surface area contributed by atoms with Gasteiger partial charge < -0.3 is 24.4 Å². The third-order valence-corrected chi connectivity index (χ3v) is 4.64. The van der Waals surface area contributed by atoms with Gasteiger partial charge in [-0.3, -0.25) is 4.90 Å². The Kier molecular flexibility index (Phi) is 5.83. The molecule has 1 aromatic rings. The molecule has 0 aliphatic carbocycles. The number of amides is 2. The Morgan fingerprint density at radius 3 is 2.28 bits per heavy atom. The van der Waals surface area contributed by atoms with Crippen LogP contribution in [0.5, 0.6) is 0 Å². The van der Waals surface area contributed by atoms with Gasteiger partial charge in [0.1, 0.15) is 17.4 Å². The predicted octanol–water partition coefficient (Wildman–Crippen LogP) is 2.34. The maximum Gasteiger partial charge on any atom is 0.414 e. The van der Waals surface area contributed by atoms with E-state index in [1.807, 2.05) is 0 Å². The first-order valence-electron chi connectivity index (χ1n) is 9.40. The second-order valence-corrected chi connectivity index (χ2v) is 8.01. The fourth-order valence-electron chi connectivity index (χ4n) is 3.28. The number of aliphatic hydroxyl groups excluding tert-OH is 1. The van der Waals surface area contributed by atoms with Gasteiger partial charge in [-0.2, -0.15) is 0 Å². The zero-order chi connectivity index (χ0) is 21.3. The minimum Gasteiger partial charge on any atom is -0.444 e. The molecule has 3 rings (SSSR count). The SMILES string of the molecule is CC(C)(C)OC(=O)N1CCN(c2c(F)cc(N3CC(CO)OC3=O)cc2F)CC1. The van der Waals surface area contributed by atoms with Crippen LogP contribution in [0.15, 0.2) is 12.1 Å². The third-order valence-electron chi connectivity index (χ3n) is 4.64. The molecule has 1 unspecified atom stereocenters. The Bertz CT molecular complexity index is 768. The molecule has 0 aromatic heterocycles. The van der Waals surface area contributed by atoms with Crippen LogP contribution in [0.2, 0.25) is 0 Å². The number of carbonyl (C=O) groups excluding carboxylic acids is 2. The fourth-order valence-corrected chi connectivity index (χ4v) is 3.28. The van der Waals surface area contributed by atoms with E-state index in [1.165, 1.54) is 9.80 Å². The summed E-state index contributed by atoms with van der Waals surface area (Å²) in [5.74, 6) is -1.63. The number of aliphatic hydroxyl groups is 1. The Morgan fingerprint density at radius 2 is 1.79 bits per heavy atom. The van der Waals surface area contributed by atoms with E-state index in [-0.39, 0.29) is 50.7 Å². The molecule has 2 amide bonds. The van der Waals surface area contributed by atoms with Crippen LogP contribution in [0.4, 0.5) is 29.7 Å². The number of benzene rings is 1. The fraction of sp³-hybridized carbons (Fsp3) is 0.579. The normalized spacial score (nSPS) is 20.1. The van der Waals surface area contributed by atoms with Crippen molar-refractivity contribution in [3.05, 3.63) is 23.8 Å². The number of cyclic esters (lactones) is 1. The summed E-state index contributed by atoms with van der Waals surface area (Å²) in [5, 5.41) is 9.10. The van der Waals surface area contributed by atoms with Crippen molar-refractivity contribution in [3.63, 3.8) is 0 Å². The number of anilines is 2. The quantitative estimate of drug-likeness (QED) is 0.819. The van der Waals surface area contributed by atoms with E-state index in [9.17, 15) is 18.4 Å². The number of hydrogen-bond acceptors (Lipinski definition) is 6. The molecular formula is C19H25F2N3O5. The molecule has 0 bridgehead atoms. The first-order chi connectivity index (χ1) is 13.6. The largest absolute Gasteiger partial charge is 0.444 e. The molecule has 0 spiro atoms. The number of rotatable bonds is 3. The molecule has 1 aromatic carbocycles. The minimum absolute atomic E-state index is 0.0160. The van der Waals surface area contributed by atoms with Crippen LogP contribution in [0.1, 0.15) is 20.8 Å². The molecule has 2 aliphatic rings. The summed E-state index contributed by atoms with van der Waals surface area (Å²) in [6.45, 7) is 5.98. The molecule has 8 nitrogen and oxygen atoms in total. The van der Waals surface area contributed by atoms with Gasteiger partial charge in [0.2, 0.25) is 0 Å². The number of ether oxygens (including phenoxy) is 2. The lowest BCUT2D eigenvalue weighted by molar-refractivity contribution is 0.0240. The van der Waals surface area contributed by atoms with Gasteiger partial charge in [0.25, 0.3) is 0 Å². The molecular weight excluding hydrogens is 388 g/mol. The van der Waals surface area contributed by atoms with Gasteiger partial charge in [0.15, 0.2) is 11.6 Å². The molecule has 2 aliphatic heterocycles. The minimum atomic E-state index is -0.814. The molecule has 1 N–H and O–H groups in total. The number of piperazine rings is 1. The van der Waals surface area contributed by atoms with Crippen LogP contribution >= 0.6 is 0 Å². The van der Waals surface area contributed by atoms with Gasteiger partial charge in [0.05, 0.1) is 18.8 Å².